The van der Waals surface area contributed by atoms with Crippen LogP contribution in [0.4, 0.5) is 5.95 Å². The summed E-state index contributed by atoms with van der Waals surface area (Å²) in [6.07, 6.45) is 0. The summed E-state index contributed by atoms with van der Waals surface area (Å²) in [7, 11) is 0. The molecule has 0 saturated heterocycles. The summed E-state index contributed by atoms with van der Waals surface area (Å²) in [5.74, 6) is 0.258. The fourth-order valence-corrected chi connectivity index (χ4v) is 3.19. The predicted molar refractivity (Wildman–Crippen MR) is 102 cm³/mol. The van der Waals surface area contributed by atoms with Crippen molar-refractivity contribution in [2.24, 2.45) is 0 Å². The van der Waals surface area contributed by atoms with Gasteiger partial charge in [-0.3, -0.25) is 14.5 Å². The van der Waals surface area contributed by atoms with Gasteiger partial charge in [-0.15, -0.1) is 0 Å². The maximum absolute atomic E-state index is 12.7. The van der Waals surface area contributed by atoms with Crippen LogP contribution in [-0.2, 0) is 0 Å². The third kappa shape index (κ3) is 2.22. The molecule has 0 saturated carbocycles. The van der Waals surface area contributed by atoms with Crippen LogP contribution in [0.2, 0.25) is 0 Å². The molecule has 5 aromatic rings. The van der Waals surface area contributed by atoms with E-state index in [-0.39, 0.29) is 5.91 Å². The van der Waals surface area contributed by atoms with Gasteiger partial charge in [0.05, 0.1) is 16.6 Å². The minimum absolute atomic E-state index is 0.201. The topological polar surface area (TPSA) is 59.3 Å². The minimum Gasteiger partial charge on any atom is -0.291 e. The predicted octanol–water partition coefficient (Wildman–Crippen LogP) is 4.29. The molecule has 5 rings (SSSR count). The van der Waals surface area contributed by atoms with E-state index >= 15 is 0 Å². The van der Waals surface area contributed by atoms with Gasteiger partial charge >= 0.3 is 0 Å². The molecule has 0 atom stereocenters. The first kappa shape index (κ1) is 14.6. The van der Waals surface area contributed by atoms with E-state index in [1.807, 2.05) is 71.1 Å². The number of imidazole rings is 1. The second-order valence-electron chi connectivity index (χ2n) is 6.03. The number of carbonyl (C=O) groups excluding carboxylic acids is 1. The SMILES string of the molecule is O=C(Nc1nc2ccccc2c2nc3ccccc3n12)c1ccccc1. The first-order valence-electron chi connectivity index (χ1n) is 8.33. The molecule has 124 valence electrons. The van der Waals surface area contributed by atoms with Gasteiger partial charge in [-0.05, 0) is 36.4 Å². The zero-order chi connectivity index (χ0) is 17.5. The van der Waals surface area contributed by atoms with Crippen LogP contribution in [0.5, 0.6) is 0 Å². The van der Waals surface area contributed by atoms with E-state index in [9.17, 15) is 4.79 Å². The number of benzene rings is 3. The second kappa shape index (κ2) is 5.67. The monoisotopic (exact) mass is 338 g/mol. The lowest BCUT2D eigenvalue weighted by atomic mass is 10.2. The van der Waals surface area contributed by atoms with Crippen molar-refractivity contribution in [2.45, 2.75) is 0 Å². The average molecular weight is 338 g/mol. The molecule has 0 unspecified atom stereocenters. The summed E-state index contributed by atoms with van der Waals surface area (Å²) in [4.78, 5) is 22.1. The normalized spacial score (nSPS) is 11.2. The van der Waals surface area contributed by atoms with Crippen LogP contribution in [0, 0.1) is 0 Å². The van der Waals surface area contributed by atoms with Crippen molar-refractivity contribution in [3.8, 4) is 0 Å². The number of fused-ring (bicyclic) bond motifs is 5. The Hall–Kier alpha value is -3.73. The van der Waals surface area contributed by atoms with Crippen molar-refractivity contribution < 1.29 is 4.79 Å². The molecular weight excluding hydrogens is 324 g/mol. The molecule has 0 bridgehead atoms. The first-order valence-corrected chi connectivity index (χ1v) is 8.33. The van der Waals surface area contributed by atoms with Crippen molar-refractivity contribution >= 4 is 39.4 Å². The van der Waals surface area contributed by atoms with E-state index in [2.05, 4.69) is 10.3 Å². The molecule has 2 heterocycles. The molecule has 5 nitrogen and oxygen atoms in total. The highest BCUT2D eigenvalue weighted by atomic mass is 16.1. The van der Waals surface area contributed by atoms with Crippen molar-refractivity contribution in [3.05, 3.63) is 84.4 Å². The Morgan fingerprint density at radius 2 is 1.46 bits per heavy atom. The number of aromatic nitrogens is 3. The number of carbonyl (C=O) groups is 1. The van der Waals surface area contributed by atoms with E-state index in [0.717, 1.165) is 27.6 Å². The number of nitrogens with zero attached hydrogens (tertiary/aromatic N) is 3. The summed E-state index contributed by atoms with van der Waals surface area (Å²) in [5, 5.41) is 3.89. The summed E-state index contributed by atoms with van der Waals surface area (Å²) in [6.45, 7) is 0. The lowest BCUT2D eigenvalue weighted by molar-refractivity contribution is 0.102. The fraction of sp³-hybridized carbons (Fsp3) is 0. The third-order valence-electron chi connectivity index (χ3n) is 4.41. The van der Waals surface area contributed by atoms with Gasteiger partial charge in [-0.2, -0.15) is 0 Å². The quantitative estimate of drug-likeness (QED) is 0.522. The van der Waals surface area contributed by atoms with Gasteiger partial charge in [0.1, 0.15) is 5.65 Å². The zero-order valence-corrected chi connectivity index (χ0v) is 13.8. The largest absolute Gasteiger partial charge is 0.291 e. The molecule has 1 N–H and O–H groups in total. The molecule has 0 spiro atoms. The Balaban J connectivity index is 1.78. The van der Waals surface area contributed by atoms with Crippen molar-refractivity contribution in [2.75, 3.05) is 5.32 Å². The van der Waals surface area contributed by atoms with Crippen LogP contribution in [0.3, 0.4) is 0 Å². The van der Waals surface area contributed by atoms with E-state index in [0.29, 0.717) is 11.5 Å². The van der Waals surface area contributed by atoms with E-state index in [1.54, 1.807) is 12.1 Å². The maximum atomic E-state index is 12.7. The molecule has 0 aliphatic rings. The maximum Gasteiger partial charge on any atom is 0.257 e. The Kier molecular flexibility index (Phi) is 3.18. The van der Waals surface area contributed by atoms with Crippen LogP contribution < -0.4 is 5.32 Å². The molecule has 1 amide bonds. The molecule has 0 fully saturated rings. The Morgan fingerprint density at radius 3 is 2.31 bits per heavy atom. The first-order chi connectivity index (χ1) is 12.8. The van der Waals surface area contributed by atoms with Gasteiger partial charge in [0.25, 0.3) is 5.91 Å². The van der Waals surface area contributed by atoms with Crippen LogP contribution in [0.1, 0.15) is 10.4 Å². The third-order valence-corrected chi connectivity index (χ3v) is 4.41. The van der Waals surface area contributed by atoms with E-state index in [4.69, 9.17) is 4.98 Å². The smallest absolute Gasteiger partial charge is 0.257 e. The fourth-order valence-electron chi connectivity index (χ4n) is 3.19. The van der Waals surface area contributed by atoms with E-state index in [1.165, 1.54) is 0 Å². The van der Waals surface area contributed by atoms with E-state index < -0.39 is 0 Å². The lowest BCUT2D eigenvalue weighted by Crippen LogP contribution is -2.15. The molecule has 5 heteroatoms. The van der Waals surface area contributed by atoms with Gasteiger partial charge in [0.15, 0.2) is 0 Å². The van der Waals surface area contributed by atoms with Crippen LogP contribution in [0.15, 0.2) is 78.9 Å². The van der Waals surface area contributed by atoms with Gasteiger partial charge in [-0.25, -0.2) is 9.97 Å². The average Bonchev–Trinajstić information content (AvgIpc) is 3.09. The number of hydrogen-bond acceptors (Lipinski definition) is 3. The lowest BCUT2D eigenvalue weighted by Gasteiger charge is -2.10. The summed E-state index contributed by atoms with van der Waals surface area (Å²) in [6, 6.07) is 24.8. The Labute approximate surface area is 148 Å². The molecule has 26 heavy (non-hydrogen) atoms. The number of para-hydroxylation sites is 3. The van der Waals surface area contributed by atoms with Crippen molar-refractivity contribution in [1.82, 2.24) is 14.4 Å². The summed E-state index contributed by atoms with van der Waals surface area (Å²) in [5.41, 5.74) is 3.92. The van der Waals surface area contributed by atoms with Gasteiger partial charge in [0, 0.05) is 10.9 Å². The molecule has 0 aliphatic heterocycles. The number of hydrogen-bond donors (Lipinski definition) is 1. The number of amides is 1. The van der Waals surface area contributed by atoms with Crippen LogP contribution in [-0.4, -0.2) is 20.3 Å². The zero-order valence-electron chi connectivity index (χ0n) is 13.8. The molecular formula is C21H14N4O. The van der Waals surface area contributed by atoms with Crippen LogP contribution >= 0.6 is 0 Å². The number of anilines is 1. The van der Waals surface area contributed by atoms with Crippen molar-refractivity contribution in [1.29, 1.82) is 0 Å². The summed E-state index contributed by atoms with van der Waals surface area (Å²) >= 11 is 0. The number of rotatable bonds is 2. The molecule has 0 radical (unpaired) electrons. The Morgan fingerprint density at radius 1 is 0.769 bits per heavy atom. The highest BCUT2D eigenvalue weighted by molar-refractivity contribution is 6.05. The minimum atomic E-state index is -0.201. The van der Waals surface area contributed by atoms with Gasteiger partial charge in [0.2, 0.25) is 5.95 Å². The highest BCUT2D eigenvalue weighted by Gasteiger charge is 2.15. The van der Waals surface area contributed by atoms with Crippen LogP contribution in [0.25, 0.3) is 27.6 Å². The molecule has 2 aromatic heterocycles. The highest BCUT2D eigenvalue weighted by Crippen LogP contribution is 2.26. The second-order valence-corrected chi connectivity index (χ2v) is 6.03. The molecule has 3 aromatic carbocycles. The van der Waals surface area contributed by atoms with Gasteiger partial charge < -0.3 is 0 Å². The standard InChI is InChI=1S/C21H14N4O/c26-20(14-8-2-1-3-9-14)24-21-23-16-11-5-4-10-15(16)19-22-17-12-6-7-13-18(17)25(19)21/h1-13H,(H,23,24,26). The number of nitrogens with one attached hydrogen (secondary N) is 1. The Bertz CT molecular complexity index is 1270. The van der Waals surface area contributed by atoms with Gasteiger partial charge in [-0.1, -0.05) is 42.5 Å². The van der Waals surface area contributed by atoms with Crippen molar-refractivity contribution in [3.63, 3.8) is 0 Å². The summed E-state index contributed by atoms with van der Waals surface area (Å²) < 4.78 is 1.90. The molecule has 0 aliphatic carbocycles.